The van der Waals surface area contributed by atoms with Gasteiger partial charge in [0.05, 0.1) is 0 Å². The lowest BCUT2D eigenvalue weighted by Gasteiger charge is -2.33. The maximum atomic E-state index is 10.2. The number of methoxy groups -OCH3 is 1. The number of para-hydroxylation sites is 2. The molecular weight excluding hydrogens is 288 g/mol. The number of phenols is 2. The zero-order valence-electron chi connectivity index (χ0n) is 12.9. The van der Waals surface area contributed by atoms with Gasteiger partial charge in [0.15, 0.2) is 0 Å². The molecule has 117 valence electrons. The highest BCUT2D eigenvalue weighted by Crippen LogP contribution is 2.43. The number of aromatic hydroxyl groups is 2. The topological polar surface area (TPSA) is 49.7 Å². The quantitative estimate of drug-likeness (QED) is 0.841. The second-order valence-corrected chi connectivity index (χ2v) is 5.60. The number of benzene rings is 2. The van der Waals surface area contributed by atoms with Gasteiger partial charge in [0.25, 0.3) is 0 Å². The third kappa shape index (κ3) is 2.64. The van der Waals surface area contributed by atoms with Gasteiger partial charge in [-0.3, -0.25) is 0 Å². The van der Waals surface area contributed by atoms with Gasteiger partial charge < -0.3 is 14.9 Å². The lowest BCUT2D eigenvalue weighted by molar-refractivity contribution is 0.0691. The predicted molar refractivity (Wildman–Crippen MR) is 90.9 cm³/mol. The van der Waals surface area contributed by atoms with E-state index in [-0.39, 0.29) is 17.4 Å². The van der Waals surface area contributed by atoms with Crippen LogP contribution in [0.5, 0.6) is 11.5 Å². The highest BCUT2D eigenvalue weighted by Gasteiger charge is 2.34. The van der Waals surface area contributed by atoms with Gasteiger partial charge in [0.2, 0.25) is 0 Å². The first-order valence-corrected chi connectivity index (χ1v) is 7.44. The van der Waals surface area contributed by atoms with Gasteiger partial charge >= 0.3 is 0 Å². The Balaban J connectivity index is 2.18. The summed E-state index contributed by atoms with van der Waals surface area (Å²) in [6, 6.07) is 14.2. The lowest BCUT2D eigenvalue weighted by atomic mass is 9.79. The first kappa shape index (κ1) is 15.4. The van der Waals surface area contributed by atoms with Gasteiger partial charge in [0.1, 0.15) is 17.1 Å². The van der Waals surface area contributed by atoms with Crippen molar-refractivity contribution in [1.29, 1.82) is 0 Å². The molecule has 23 heavy (non-hydrogen) atoms. The number of allylic oxidation sites excluding steroid dienone is 2. The molecule has 3 nitrogen and oxygen atoms in total. The van der Waals surface area contributed by atoms with Crippen molar-refractivity contribution in [3.05, 3.63) is 84.8 Å². The van der Waals surface area contributed by atoms with Gasteiger partial charge in [-0.2, -0.15) is 0 Å². The normalized spacial score (nSPS) is 23.6. The Morgan fingerprint density at radius 3 is 2.30 bits per heavy atom. The molecule has 0 aromatic heterocycles. The van der Waals surface area contributed by atoms with Crippen molar-refractivity contribution in [2.24, 2.45) is 5.92 Å². The van der Waals surface area contributed by atoms with E-state index in [4.69, 9.17) is 4.74 Å². The minimum Gasteiger partial charge on any atom is -0.508 e. The molecule has 3 rings (SSSR count). The summed E-state index contributed by atoms with van der Waals surface area (Å²) in [5, 5.41) is 20.4. The smallest absolute Gasteiger partial charge is 0.133 e. The van der Waals surface area contributed by atoms with Crippen LogP contribution < -0.4 is 0 Å². The fourth-order valence-electron chi connectivity index (χ4n) is 2.95. The van der Waals surface area contributed by atoms with Gasteiger partial charge in [-0.25, -0.2) is 0 Å². The maximum Gasteiger partial charge on any atom is 0.133 e. The van der Waals surface area contributed by atoms with Crippen LogP contribution in [0.25, 0.3) is 5.57 Å². The molecule has 2 aromatic rings. The SMILES string of the molecule is [CH2]C1C=CC(OC)(c2ccccc2O)C=C1c1ccccc1O. The van der Waals surface area contributed by atoms with Crippen LogP contribution in [0.4, 0.5) is 0 Å². The number of hydrogen-bond acceptors (Lipinski definition) is 3. The molecule has 2 N–H and O–H groups in total. The third-order valence-electron chi connectivity index (χ3n) is 4.22. The van der Waals surface area contributed by atoms with E-state index in [2.05, 4.69) is 6.92 Å². The van der Waals surface area contributed by atoms with Crippen molar-refractivity contribution in [3.63, 3.8) is 0 Å². The minimum atomic E-state index is -0.892. The Morgan fingerprint density at radius 2 is 1.65 bits per heavy atom. The van der Waals surface area contributed by atoms with E-state index in [9.17, 15) is 10.2 Å². The number of phenolic OH excluding ortho intramolecular Hbond substituents is 2. The summed E-state index contributed by atoms with van der Waals surface area (Å²) in [7, 11) is 1.60. The van der Waals surface area contributed by atoms with Crippen LogP contribution in [0.1, 0.15) is 11.1 Å². The Hall–Kier alpha value is -2.52. The van der Waals surface area contributed by atoms with E-state index < -0.39 is 5.60 Å². The minimum absolute atomic E-state index is 0.113. The largest absolute Gasteiger partial charge is 0.508 e. The van der Waals surface area contributed by atoms with E-state index in [1.165, 1.54) is 0 Å². The van der Waals surface area contributed by atoms with Crippen molar-refractivity contribution in [2.75, 3.05) is 7.11 Å². The number of ether oxygens (including phenoxy) is 1. The molecule has 2 aromatic carbocycles. The fraction of sp³-hybridized carbons (Fsp3) is 0.150. The summed E-state index contributed by atoms with van der Waals surface area (Å²) >= 11 is 0. The van der Waals surface area contributed by atoms with Gasteiger partial charge in [-0.05, 0) is 36.8 Å². The molecule has 0 heterocycles. The standard InChI is InChI=1S/C20H19O3/c1-14-11-12-20(23-2,17-8-4-6-10-19(17)22)13-16(14)15-7-3-5-9-18(15)21/h3-14,21-22H,1H2,2H3. The first-order valence-electron chi connectivity index (χ1n) is 7.44. The molecule has 0 amide bonds. The van der Waals surface area contributed by atoms with E-state index >= 15 is 0 Å². The van der Waals surface area contributed by atoms with Crippen LogP contribution in [-0.2, 0) is 10.3 Å². The summed E-state index contributed by atoms with van der Waals surface area (Å²) in [4.78, 5) is 0. The summed E-state index contributed by atoms with van der Waals surface area (Å²) in [5.41, 5.74) is 1.33. The summed E-state index contributed by atoms with van der Waals surface area (Å²) in [5.74, 6) is 0.247. The zero-order valence-corrected chi connectivity index (χ0v) is 12.9. The molecule has 0 bridgehead atoms. The molecule has 2 unspecified atom stereocenters. The Labute approximate surface area is 136 Å². The molecule has 0 spiro atoms. The molecule has 2 atom stereocenters. The summed E-state index contributed by atoms with van der Waals surface area (Å²) in [6.45, 7) is 4.13. The van der Waals surface area contributed by atoms with Gasteiger partial charge in [-0.15, -0.1) is 0 Å². The van der Waals surface area contributed by atoms with Crippen LogP contribution >= 0.6 is 0 Å². The molecule has 0 saturated heterocycles. The van der Waals surface area contributed by atoms with Crippen LogP contribution in [-0.4, -0.2) is 17.3 Å². The molecule has 1 radical (unpaired) electrons. The van der Waals surface area contributed by atoms with E-state index in [1.807, 2.05) is 42.5 Å². The molecule has 3 heteroatoms. The maximum absolute atomic E-state index is 10.2. The van der Waals surface area contributed by atoms with Crippen LogP contribution in [0.15, 0.2) is 66.8 Å². The molecule has 0 saturated carbocycles. The van der Waals surface area contributed by atoms with E-state index in [1.54, 1.807) is 31.4 Å². The molecular formula is C20H19O3. The van der Waals surface area contributed by atoms with Gasteiger partial charge in [0, 0.05) is 24.2 Å². The second-order valence-electron chi connectivity index (χ2n) is 5.60. The zero-order chi connectivity index (χ0) is 16.4. The van der Waals surface area contributed by atoms with Crippen molar-refractivity contribution in [1.82, 2.24) is 0 Å². The predicted octanol–water partition coefficient (Wildman–Crippen LogP) is 4.04. The highest BCUT2D eigenvalue weighted by molar-refractivity contribution is 5.76. The monoisotopic (exact) mass is 307 g/mol. The summed E-state index contributed by atoms with van der Waals surface area (Å²) < 4.78 is 5.75. The van der Waals surface area contributed by atoms with Crippen molar-refractivity contribution >= 4 is 5.57 Å². The Morgan fingerprint density at radius 1 is 1.00 bits per heavy atom. The van der Waals surface area contributed by atoms with E-state index in [0.29, 0.717) is 11.1 Å². The first-order chi connectivity index (χ1) is 11.1. The van der Waals surface area contributed by atoms with Crippen LogP contribution in [0, 0.1) is 12.8 Å². The number of hydrogen-bond donors (Lipinski definition) is 2. The van der Waals surface area contributed by atoms with Crippen LogP contribution in [0.2, 0.25) is 0 Å². The van der Waals surface area contributed by atoms with Crippen LogP contribution in [0.3, 0.4) is 0 Å². The third-order valence-corrected chi connectivity index (χ3v) is 4.22. The molecule has 1 aliphatic rings. The Kier molecular flexibility index (Phi) is 3.97. The average Bonchev–Trinajstić information content (AvgIpc) is 2.57. The fourth-order valence-corrected chi connectivity index (χ4v) is 2.95. The number of rotatable bonds is 3. The van der Waals surface area contributed by atoms with Gasteiger partial charge in [-0.1, -0.05) is 42.5 Å². The van der Waals surface area contributed by atoms with E-state index in [0.717, 1.165) is 5.57 Å². The average molecular weight is 307 g/mol. The van der Waals surface area contributed by atoms with Crippen molar-refractivity contribution in [3.8, 4) is 11.5 Å². The summed E-state index contributed by atoms with van der Waals surface area (Å²) in [6.07, 6.45) is 5.73. The lowest BCUT2D eigenvalue weighted by Crippen LogP contribution is -2.27. The second kappa shape index (κ2) is 5.94. The Bertz CT molecular complexity index is 776. The van der Waals surface area contributed by atoms with Crippen molar-refractivity contribution in [2.45, 2.75) is 5.60 Å². The van der Waals surface area contributed by atoms with Crippen molar-refractivity contribution < 1.29 is 14.9 Å². The molecule has 1 aliphatic carbocycles. The molecule has 0 fully saturated rings. The highest BCUT2D eigenvalue weighted by atomic mass is 16.5. The molecule has 0 aliphatic heterocycles.